The van der Waals surface area contributed by atoms with Crippen LogP contribution in [0.25, 0.3) is 0 Å². The van der Waals surface area contributed by atoms with Crippen molar-refractivity contribution in [2.45, 2.75) is 19.4 Å². The summed E-state index contributed by atoms with van der Waals surface area (Å²) in [7, 11) is 3.98. The van der Waals surface area contributed by atoms with Gasteiger partial charge in [0.1, 0.15) is 0 Å². The van der Waals surface area contributed by atoms with Crippen molar-refractivity contribution in [3.63, 3.8) is 0 Å². The van der Waals surface area contributed by atoms with Crippen molar-refractivity contribution in [3.8, 4) is 0 Å². The summed E-state index contributed by atoms with van der Waals surface area (Å²) in [5.41, 5.74) is 0. The maximum Gasteiger partial charge on any atom is 0.0638 e. The predicted molar refractivity (Wildman–Crippen MR) is 47.7 cm³/mol. The van der Waals surface area contributed by atoms with Crippen LogP contribution in [0.4, 0.5) is 0 Å². The van der Waals surface area contributed by atoms with Crippen LogP contribution in [0.5, 0.6) is 0 Å². The van der Waals surface area contributed by atoms with Gasteiger partial charge in [-0.3, -0.25) is 0 Å². The average Bonchev–Trinajstić information content (AvgIpc) is 1.86. The fourth-order valence-electron chi connectivity index (χ4n) is 1.07. The van der Waals surface area contributed by atoms with E-state index in [1.54, 1.807) is 0 Å². The first-order valence-corrected chi connectivity index (χ1v) is 4.18. The molecule has 0 radical (unpaired) electrons. The van der Waals surface area contributed by atoms with E-state index < -0.39 is 0 Å². The van der Waals surface area contributed by atoms with Gasteiger partial charge in [-0.05, 0) is 40.5 Å². The molecular formula is C8H20N2O. The maximum atomic E-state index is 9.02. The van der Waals surface area contributed by atoms with Crippen molar-refractivity contribution < 1.29 is 5.11 Å². The topological polar surface area (TPSA) is 35.5 Å². The molecule has 0 fully saturated rings. The number of hydrogen-bond donors (Lipinski definition) is 2. The first-order valence-electron chi connectivity index (χ1n) is 4.18. The van der Waals surface area contributed by atoms with Gasteiger partial charge < -0.3 is 15.3 Å². The number of likely N-dealkylation sites (N-methyl/N-ethyl adjacent to an activating group) is 1. The Kier molecular flexibility index (Phi) is 6.51. The van der Waals surface area contributed by atoms with Crippen LogP contribution in [0, 0.1) is 0 Å². The van der Waals surface area contributed by atoms with Crippen LogP contribution >= 0.6 is 0 Å². The third-order valence-electron chi connectivity index (χ3n) is 1.54. The summed E-state index contributed by atoms with van der Waals surface area (Å²) < 4.78 is 0. The maximum absolute atomic E-state index is 9.02. The Bertz CT molecular complexity index is 86.2. The van der Waals surface area contributed by atoms with Crippen molar-refractivity contribution in [1.29, 1.82) is 0 Å². The third-order valence-corrected chi connectivity index (χ3v) is 1.54. The Morgan fingerprint density at radius 2 is 2.18 bits per heavy atom. The second-order valence-corrected chi connectivity index (χ2v) is 3.07. The monoisotopic (exact) mass is 160 g/mol. The standard InChI is InChI=1S/C8H20N2O/c1-8(11)7-10(3)6-4-5-9-2/h8-9,11H,4-7H2,1-3H3. The first kappa shape index (κ1) is 10.9. The molecule has 0 aliphatic carbocycles. The van der Waals surface area contributed by atoms with E-state index in [9.17, 15) is 0 Å². The number of nitrogens with one attached hydrogen (secondary N) is 1. The minimum atomic E-state index is -0.213. The molecule has 0 bridgehead atoms. The van der Waals surface area contributed by atoms with Crippen LogP contribution in [-0.4, -0.2) is 49.8 Å². The molecule has 3 heteroatoms. The zero-order chi connectivity index (χ0) is 8.69. The smallest absolute Gasteiger partial charge is 0.0638 e. The minimum Gasteiger partial charge on any atom is -0.392 e. The zero-order valence-electron chi connectivity index (χ0n) is 7.80. The first-order chi connectivity index (χ1) is 5.16. The molecule has 0 aromatic heterocycles. The Hall–Kier alpha value is -0.120. The Morgan fingerprint density at radius 1 is 1.55 bits per heavy atom. The summed E-state index contributed by atoms with van der Waals surface area (Å²) in [5.74, 6) is 0. The van der Waals surface area contributed by atoms with Gasteiger partial charge >= 0.3 is 0 Å². The van der Waals surface area contributed by atoms with Gasteiger partial charge in [0.15, 0.2) is 0 Å². The highest BCUT2D eigenvalue weighted by molar-refractivity contribution is 4.56. The van der Waals surface area contributed by atoms with Gasteiger partial charge in [-0.25, -0.2) is 0 Å². The molecule has 2 N–H and O–H groups in total. The molecule has 3 nitrogen and oxygen atoms in total. The highest BCUT2D eigenvalue weighted by atomic mass is 16.3. The number of rotatable bonds is 6. The molecule has 1 unspecified atom stereocenters. The number of aliphatic hydroxyl groups excluding tert-OH is 1. The second-order valence-electron chi connectivity index (χ2n) is 3.07. The van der Waals surface area contributed by atoms with Crippen molar-refractivity contribution in [3.05, 3.63) is 0 Å². The molecule has 0 amide bonds. The highest BCUT2D eigenvalue weighted by Crippen LogP contribution is 1.89. The van der Waals surface area contributed by atoms with Crippen molar-refractivity contribution in [2.75, 3.05) is 33.7 Å². The quantitative estimate of drug-likeness (QED) is 0.533. The van der Waals surface area contributed by atoms with Crippen molar-refractivity contribution >= 4 is 0 Å². The lowest BCUT2D eigenvalue weighted by Crippen LogP contribution is -2.29. The fourth-order valence-corrected chi connectivity index (χ4v) is 1.07. The lowest BCUT2D eigenvalue weighted by Gasteiger charge is -2.17. The van der Waals surface area contributed by atoms with Crippen LogP contribution in [0.15, 0.2) is 0 Å². The van der Waals surface area contributed by atoms with Gasteiger partial charge in [0.2, 0.25) is 0 Å². The lowest BCUT2D eigenvalue weighted by atomic mass is 10.3. The van der Waals surface area contributed by atoms with E-state index >= 15 is 0 Å². The van der Waals surface area contributed by atoms with Crippen LogP contribution in [0.3, 0.4) is 0 Å². The minimum absolute atomic E-state index is 0.213. The predicted octanol–water partition coefficient (Wildman–Crippen LogP) is -0.0915. The molecule has 0 saturated heterocycles. The van der Waals surface area contributed by atoms with E-state index in [1.807, 2.05) is 21.0 Å². The summed E-state index contributed by atoms with van der Waals surface area (Å²) in [5, 5.41) is 12.1. The lowest BCUT2D eigenvalue weighted by molar-refractivity contribution is 0.141. The molecule has 0 aromatic rings. The zero-order valence-corrected chi connectivity index (χ0v) is 7.80. The molecule has 0 aliphatic rings. The van der Waals surface area contributed by atoms with E-state index in [1.165, 1.54) is 0 Å². The molecule has 0 saturated carbocycles. The number of hydrogen-bond acceptors (Lipinski definition) is 3. The van der Waals surface area contributed by atoms with Gasteiger partial charge in [0.05, 0.1) is 6.10 Å². The van der Waals surface area contributed by atoms with Crippen molar-refractivity contribution in [1.82, 2.24) is 10.2 Å². The summed E-state index contributed by atoms with van der Waals surface area (Å²) >= 11 is 0. The van der Waals surface area contributed by atoms with Gasteiger partial charge in [-0.15, -0.1) is 0 Å². The normalized spacial score (nSPS) is 13.9. The van der Waals surface area contributed by atoms with E-state index in [-0.39, 0.29) is 6.10 Å². The van der Waals surface area contributed by atoms with E-state index in [4.69, 9.17) is 5.11 Å². The molecule has 0 aromatic carbocycles. The summed E-state index contributed by atoms with van der Waals surface area (Å²) in [6, 6.07) is 0. The van der Waals surface area contributed by atoms with E-state index in [0.717, 1.165) is 26.1 Å². The number of nitrogens with zero attached hydrogens (tertiary/aromatic N) is 1. The highest BCUT2D eigenvalue weighted by Gasteiger charge is 2.00. The van der Waals surface area contributed by atoms with Gasteiger partial charge in [-0.1, -0.05) is 0 Å². The average molecular weight is 160 g/mol. The summed E-state index contributed by atoms with van der Waals surface area (Å²) in [6.07, 6.45) is 0.925. The molecule has 11 heavy (non-hydrogen) atoms. The van der Waals surface area contributed by atoms with Gasteiger partial charge in [0, 0.05) is 6.54 Å². The summed E-state index contributed by atoms with van der Waals surface area (Å²) in [6.45, 7) is 4.67. The van der Waals surface area contributed by atoms with Crippen LogP contribution < -0.4 is 5.32 Å². The molecule has 1 atom stereocenters. The summed E-state index contributed by atoms with van der Waals surface area (Å²) in [4.78, 5) is 2.14. The Balaban J connectivity index is 3.15. The van der Waals surface area contributed by atoms with Gasteiger partial charge in [-0.2, -0.15) is 0 Å². The van der Waals surface area contributed by atoms with Crippen LogP contribution in [0.1, 0.15) is 13.3 Å². The molecule has 0 aliphatic heterocycles. The largest absolute Gasteiger partial charge is 0.392 e. The van der Waals surface area contributed by atoms with Gasteiger partial charge in [0.25, 0.3) is 0 Å². The Morgan fingerprint density at radius 3 is 2.64 bits per heavy atom. The van der Waals surface area contributed by atoms with E-state index in [2.05, 4.69) is 10.2 Å². The fraction of sp³-hybridized carbons (Fsp3) is 1.00. The molecule has 0 spiro atoms. The van der Waals surface area contributed by atoms with Crippen LogP contribution in [0.2, 0.25) is 0 Å². The molecular weight excluding hydrogens is 140 g/mol. The molecule has 68 valence electrons. The second kappa shape index (κ2) is 6.58. The van der Waals surface area contributed by atoms with Crippen molar-refractivity contribution in [2.24, 2.45) is 0 Å². The Labute approximate surface area is 69.4 Å². The third kappa shape index (κ3) is 7.78. The van der Waals surface area contributed by atoms with Crippen LogP contribution in [-0.2, 0) is 0 Å². The molecule has 0 rings (SSSR count). The van der Waals surface area contributed by atoms with E-state index in [0.29, 0.717) is 0 Å². The number of aliphatic hydroxyl groups is 1. The molecule has 0 heterocycles. The SMILES string of the molecule is CNCCCN(C)CC(C)O.